The van der Waals surface area contributed by atoms with Crippen LogP contribution in [0.3, 0.4) is 0 Å². The third-order valence-electron chi connectivity index (χ3n) is 2.84. The van der Waals surface area contributed by atoms with E-state index in [1.54, 1.807) is 0 Å². The van der Waals surface area contributed by atoms with Crippen molar-refractivity contribution in [3.8, 4) is 0 Å². The van der Waals surface area contributed by atoms with Gasteiger partial charge in [0.15, 0.2) is 0 Å². The third kappa shape index (κ3) is 2.68. The first kappa shape index (κ1) is 13.8. The standard InChI is InChI=1S/C12H12N2O6/c1-13-8-3-2-7(6-9(8)14(17)18)11(15)20-10-4-5-19-12(10)16/h2-3,6,10,13H,4-5H2,1H3. The minimum atomic E-state index is -0.939. The van der Waals surface area contributed by atoms with Crippen LogP contribution in [0.25, 0.3) is 0 Å². The van der Waals surface area contributed by atoms with Gasteiger partial charge in [-0.2, -0.15) is 0 Å². The lowest BCUT2D eigenvalue weighted by molar-refractivity contribution is -0.384. The Balaban J connectivity index is 2.19. The largest absolute Gasteiger partial charge is 0.463 e. The molecule has 1 saturated heterocycles. The summed E-state index contributed by atoms with van der Waals surface area (Å²) in [6.45, 7) is 0.204. The molecule has 0 radical (unpaired) electrons. The number of rotatable bonds is 4. The van der Waals surface area contributed by atoms with Crippen molar-refractivity contribution in [1.29, 1.82) is 0 Å². The normalized spacial score (nSPS) is 17.4. The van der Waals surface area contributed by atoms with E-state index in [0.717, 1.165) is 6.07 Å². The van der Waals surface area contributed by atoms with Crippen LogP contribution in [0.1, 0.15) is 16.8 Å². The number of carbonyl (C=O) groups excluding carboxylic acids is 2. The first-order valence-electron chi connectivity index (χ1n) is 5.86. The van der Waals surface area contributed by atoms with Crippen molar-refractivity contribution in [3.63, 3.8) is 0 Å². The van der Waals surface area contributed by atoms with Crippen LogP contribution in [-0.2, 0) is 14.3 Å². The average Bonchev–Trinajstić information content (AvgIpc) is 2.83. The average molecular weight is 280 g/mol. The minimum Gasteiger partial charge on any atom is -0.463 e. The summed E-state index contributed by atoms with van der Waals surface area (Å²) in [5.74, 6) is -1.39. The van der Waals surface area contributed by atoms with Crippen molar-refractivity contribution in [2.45, 2.75) is 12.5 Å². The maximum absolute atomic E-state index is 11.8. The molecule has 1 unspecified atom stereocenters. The molecule has 1 aliphatic rings. The van der Waals surface area contributed by atoms with Crippen molar-refractivity contribution in [3.05, 3.63) is 33.9 Å². The fourth-order valence-electron chi connectivity index (χ4n) is 1.80. The molecule has 0 saturated carbocycles. The van der Waals surface area contributed by atoms with E-state index in [9.17, 15) is 19.7 Å². The summed E-state index contributed by atoms with van der Waals surface area (Å²) in [5.41, 5.74) is 0.0539. The summed E-state index contributed by atoms with van der Waals surface area (Å²) in [7, 11) is 1.54. The highest BCUT2D eigenvalue weighted by molar-refractivity contribution is 5.93. The Morgan fingerprint density at radius 3 is 2.85 bits per heavy atom. The first-order chi connectivity index (χ1) is 9.52. The Labute approximate surface area is 113 Å². The van der Waals surface area contributed by atoms with Crippen LogP contribution in [0.4, 0.5) is 11.4 Å². The number of hydrogen-bond acceptors (Lipinski definition) is 7. The van der Waals surface area contributed by atoms with Gasteiger partial charge in [0, 0.05) is 19.5 Å². The number of cyclic esters (lactones) is 1. The fraction of sp³-hybridized carbons (Fsp3) is 0.333. The number of hydrogen-bond donors (Lipinski definition) is 1. The van der Waals surface area contributed by atoms with E-state index in [4.69, 9.17) is 4.74 Å². The number of ether oxygens (including phenoxy) is 2. The molecule has 1 heterocycles. The van der Waals surface area contributed by atoms with Crippen LogP contribution >= 0.6 is 0 Å². The van der Waals surface area contributed by atoms with Crippen molar-refractivity contribution in [1.82, 2.24) is 0 Å². The molecule has 8 nitrogen and oxygen atoms in total. The predicted molar refractivity (Wildman–Crippen MR) is 67.4 cm³/mol. The smallest absolute Gasteiger partial charge is 0.347 e. The molecule has 1 N–H and O–H groups in total. The van der Waals surface area contributed by atoms with E-state index in [2.05, 4.69) is 10.1 Å². The summed E-state index contributed by atoms with van der Waals surface area (Å²) in [6.07, 6.45) is -0.646. The first-order valence-corrected chi connectivity index (χ1v) is 5.86. The van der Waals surface area contributed by atoms with Gasteiger partial charge in [0.25, 0.3) is 5.69 Å². The number of anilines is 1. The Bertz CT molecular complexity index is 571. The molecule has 8 heteroatoms. The lowest BCUT2D eigenvalue weighted by Crippen LogP contribution is -2.22. The quantitative estimate of drug-likeness (QED) is 0.500. The summed E-state index contributed by atoms with van der Waals surface area (Å²) < 4.78 is 9.63. The van der Waals surface area contributed by atoms with Gasteiger partial charge in [0.1, 0.15) is 5.69 Å². The molecule has 0 aliphatic carbocycles. The zero-order chi connectivity index (χ0) is 14.7. The van der Waals surface area contributed by atoms with Crippen LogP contribution in [0.2, 0.25) is 0 Å². The van der Waals surface area contributed by atoms with Crippen LogP contribution in [0, 0.1) is 10.1 Å². The molecule has 20 heavy (non-hydrogen) atoms. The molecule has 1 atom stereocenters. The zero-order valence-corrected chi connectivity index (χ0v) is 10.6. The van der Waals surface area contributed by atoms with Crippen LogP contribution in [0.15, 0.2) is 18.2 Å². The number of benzene rings is 1. The third-order valence-corrected chi connectivity index (χ3v) is 2.84. The summed E-state index contributed by atoms with van der Waals surface area (Å²) >= 11 is 0. The van der Waals surface area contributed by atoms with Gasteiger partial charge in [-0.1, -0.05) is 0 Å². The Morgan fingerprint density at radius 2 is 2.30 bits per heavy atom. The number of esters is 2. The Morgan fingerprint density at radius 1 is 1.55 bits per heavy atom. The van der Waals surface area contributed by atoms with Crippen molar-refractivity contribution < 1.29 is 24.0 Å². The van der Waals surface area contributed by atoms with Gasteiger partial charge in [0.2, 0.25) is 6.10 Å². The van der Waals surface area contributed by atoms with Gasteiger partial charge in [0.05, 0.1) is 17.1 Å². The van der Waals surface area contributed by atoms with Gasteiger partial charge in [-0.15, -0.1) is 0 Å². The van der Waals surface area contributed by atoms with E-state index in [1.807, 2.05) is 0 Å². The summed E-state index contributed by atoms with van der Waals surface area (Å²) in [6, 6.07) is 3.90. The molecular formula is C12H12N2O6. The van der Waals surface area contributed by atoms with Crippen LogP contribution < -0.4 is 5.32 Å². The second-order valence-corrected chi connectivity index (χ2v) is 4.09. The lowest BCUT2D eigenvalue weighted by atomic mass is 10.1. The van der Waals surface area contributed by atoms with E-state index >= 15 is 0 Å². The number of carbonyl (C=O) groups is 2. The molecule has 106 valence electrons. The minimum absolute atomic E-state index is 0.00963. The zero-order valence-electron chi connectivity index (χ0n) is 10.6. The summed E-state index contributed by atoms with van der Waals surface area (Å²) in [4.78, 5) is 33.3. The maximum atomic E-state index is 11.8. The Kier molecular flexibility index (Phi) is 3.83. The van der Waals surface area contributed by atoms with Gasteiger partial charge in [-0.25, -0.2) is 9.59 Å². The number of nitro groups is 1. The van der Waals surface area contributed by atoms with Crippen molar-refractivity contribution in [2.24, 2.45) is 0 Å². The topological polar surface area (TPSA) is 108 Å². The highest BCUT2D eigenvalue weighted by Crippen LogP contribution is 2.25. The lowest BCUT2D eigenvalue weighted by Gasteiger charge is -2.09. The van der Waals surface area contributed by atoms with Crippen LogP contribution in [-0.4, -0.2) is 36.6 Å². The molecule has 1 aromatic rings. The molecule has 0 bridgehead atoms. The number of nitro benzene ring substituents is 1. The second kappa shape index (κ2) is 5.55. The van der Waals surface area contributed by atoms with E-state index < -0.39 is 23.0 Å². The SMILES string of the molecule is CNc1ccc(C(=O)OC2CCOC2=O)cc1[N+](=O)[O-]. The molecule has 0 amide bonds. The van der Waals surface area contributed by atoms with Gasteiger partial charge >= 0.3 is 11.9 Å². The highest BCUT2D eigenvalue weighted by Gasteiger charge is 2.31. The monoisotopic (exact) mass is 280 g/mol. The number of nitrogens with zero attached hydrogens (tertiary/aromatic N) is 1. The molecule has 1 fully saturated rings. The van der Waals surface area contributed by atoms with Crippen LogP contribution in [0.5, 0.6) is 0 Å². The predicted octanol–water partition coefficient (Wildman–Crippen LogP) is 1.11. The molecule has 1 aliphatic heterocycles. The Hall–Kier alpha value is -2.64. The van der Waals surface area contributed by atoms with Crippen molar-refractivity contribution >= 4 is 23.3 Å². The molecule has 1 aromatic carbocycles. The second-order valence-electron chi connectivity index (χ2n) is 4.09. The van der Waals surface area contributed by atoms with Gasteiger partial charge in [-0.05, 0) is 12.1 Å². The molecule has 0 aromatic heterocycles. The maximum Gasteiger partial charge on any atom is 0.347 e. The number of nitrogens with one attached hydrogen (secondary N) is 1. The van der Waals surface area contributed by atoms with Gasteiger partial charge in [-0.3, -0.25) is 10.1 Å². The summed E-state index contributed by atoms with van der Waals surface area (Å²) in [5, 5.41) is 13.5. The molecule has 0 spiro atoms. The van der Waals surface area contributed by atoms with Gasteiger partial charge < -0.3 is 14.8 Å². The fourth-order valence-corrected chi connectivity index (χ4v) is 1.80. The highest BCUT2D eigenvalue weighted by atomic mass is 16.6. The molecule has 2 rings (SSSR count). The van der Waals surface area contributed by atoms with Crippen molar-refractivity contribution in [2.75, 3.05) is 19.0 Å². The van der Waals surface area contributed by atoms with E-state index in [0.29, 0.717) is 6.42 Å². The van der Waals surface area contributed by atoms with E-state index in [-0.39, 0.29) is 23.5 Å². The van der Waals surface area contributed by atoms with E-state index in [1.165, 1.54) is 19.2 Å². The molecular weight excluding hydrogens is 268 g/mol.